The molecule has 0 spiro atoms. The molecule has 0 fully saturated rings. The maximum atomic E-state index is 12.4. The van der Waals surface area contributed by atoms with Crippen molar-refractivity contribution in [1.29, 1.82) is 0 Å². The summed E-state index contributed by atoms with van der Waals surface area (Å²) >= 11 is 11.8. The molecule has 0 saturated carbocycles. The third-order valence-corrected chi connectivity index (χ3v) is 3.91. The number of nitrogens with one attached hydrogen (secondary N) is 1. The van der Waals surface area contributed by atoms with E-state index < -0.39 is 11.8 Å². The van der Waals surface area contributed by atoms with Crippen LogP contribution in [0.25, 0.3) is 11.0 Å². The van der Waals surface area contributed by atoms with Crippen LogP contribution < -0.4 is 15.8 Å². The van der Waals surface area contributed by atoms with Crippen molar-refractivity contribution in [3.63, 3.8) is 0 Å². The first kappa shape index (κ1) is 17.8. The molecule has 0 radical (unpaired) electrons. The van der Waals surface area contributed by atoms with Crippen molar-refractivity contribution < 1.29 is 18.7 Å². The molecule has 26 heavy (non-hydrogen) atoms. The van der Waals surface area contributed by atoms with Crippen LogP contribution in [0.3, 0.4) is 0 Å². The van der Waals surface area contributed by atoms with Gasteiger partial charge in [0, 0.05) is 15.4 Å². The molecule has 2 amide bonds. The summed E-state index contributed by atoms with van der Waals surface area (Å²) in [6.07, 6.45) is 0. The zero-order valence-electron chi connectivity index (χ0n) is 13.2. The molecule has 0 saturated heterocycles. The SMILES string of the molecule is C=C(Oc1ccc(Cl)cc1)C(=O)Nc1c(C(N)=O)oc2ccc(Cl)cc12. The summed E-state index contributed by atoms with van der Waals surface area (Å²) in [6.45, 7) is 3.58. The maximum absolute atomic E-state index is 12.4. The molecular weight excluding hydrogens is 379 g/mol. The number of halogens is 2. The zero-order chi connectivity index (χ0) is 18.8. The number of fused-ring (bicyclic) bond motifs is 1. The number of ether oxygens (including phenoxy) is 1. The lowest BCUT2D eigenvalue weighted by atomic mass is 10.2. The van der Waals surface area contributed by atoms with Crippen LogP contribution >= 0.6 is 23.2 Å². The van der Waals surface area contributed by atoms with E-state index >= 15 is 0 Å². The Bertz CT molecular complexity index is 1030. The lowest BCUT2D eigenvalue weighted by Crippen LogP contribution is -2.20. The molecule has 2 aromatic carbocycles. The maximum Gasteiger partial charge on any atom is 0.290 e. The number of carbonyl (C=O) groups excluding carboxylic acids is 2. The first-order valence-corrected chi connectivity index (χ1v) is 8.06. The highest BCUT2D eigenvalue weighted by Crippen LogP contribution is 2.33. The topological polar surface area (TPSA) is 94.6 Å². The van der Waals surface area contributed by atoms with E-state index in [2.05, 4.69) is 11.9 Å². The fraction of sp³-hybridized carbons (Fsp3) is 0. The molecule has 0 atom stereocenters. The van der Waals surface area contributed by atoms with Crippen LogP contribution in [0.5, 0.6) is 5.75 Å². The number of furan rings is 1. The second-order valence-electron chi connectivity index (χ2n) is 5.24. The van der Waals surface area contributed by atoms with Crippen LogP contribution in [0.15, 0.2) is 59.2 Å². The predicted octanol–water partition coefficient (Wildman–Crippen LogP) is 4.37. The van der Waals surface area contributed by atoms with E-state index in [0.29, 0.717) is 26.8 Å². The average Bonchev–Trinajstić information content (AvgIpc) is 2.95. The third-order valence-electron chi connectivity index (χ3n) is 3.42. The van der Waals surface area contributed by atoms with E-state index in [1.54, 1.807) is 42.5 Å². The van der Waals surface area contributed by atoms with E-state index in [4.69, 9.17) is 38.1 Å². The smallest absolute Gasteiger partial charge is 0.290 e. The number of rotatable bonds is 5. The molecule has 8 heteroatoms. The second kappa shape index (κ2) is 7.11. The van der Waals surface area contributed by atoms with E-state index in [1.807, 2.05) is 0 Å². The first-order chi connectivity index (χ1) is 12.3. The highest BCUT2D eigenvalue weighted by atomic mass is 35.5. The van der Waals surface area contributed by atoms with Gasteiger partial charge < -0.3 is 20.2 Å². The van der Waals surface area contributed by atoms with Crippen LogP contribution in [0, 0.1) is 0 Å². The number of nitrogens with two attached hydrogens (primary N) is 1. The van der Waals surface area contributed by atoms with Gasteiger partial charge in [-0.1, -0.05) is 29.8 Å². The summed E-state index contributed by atoms with van der Waals surface area (Å²) in [4.78, 5) is 24.0. The Hall–Kier alpha value is -2.96. The minimum atomic E-state index is -0.836. The number of amides is 2. The Morgan fingerprint density at radius 3 is 2.38 bits per heavy atom. The van der Waals surface area contributed by atoms with Crippen LogP contribution in [-0.4, -0.2) is 11.8 Å². The molecule has 6 nitrogen and oxygen atoms in total. The average molecular weight is 391 g/mol. The lowest BCUT2D eigenvalue weighted by molar-refractivity contribution is -0.114. The van der Waals surface area contributed by atoms with Gasteiger partial charge in [0.1, 0.15) is 17.0 Å². The second-order valence-corrected chi connectivity index (χ2v) is 6.12. The number of benzene rings is 2. The van der Waals surface area contributed by atoms with Gasteiger partial charge in [-0.3, -0.25) is 9.59 Å². The number of anilines is 1. The Kier molecular flexibility index (Phi) is 4.88. The van der Waals surface area contributed by atoms with Gasteiger partial charge in [-0.2, -0.15) is 0 Å². The summed E-state index contributed by atoms with van der Waals surface area (Å²) in [6, 6.07) is 11.1. The van der Waals surface area contributed by atoms with Crippen LogP contribution in [0.2, 0.25) is 10.0 Å². The zero-order valence-corrected chi connectivity index (χ0v) is 14.7. The van der Waals surface area contributed by atoms with Crippen molar-refractivity contribution in [2.75, 3.05) is 5.32 Å². The van der Waals surface area contributed by atoms with E-state index in [0.717, 1.165) is 0 Å². The summed E-state index contributed by atoms with van der Waals surface area (Å²) in [5.74, 6) is -1.53. The molecule has 132 valence electrons. The molecule has 1 heterocycles. The van der Waals surface area contributed by atoms with Crippen molar-refractivity contribution in [2.45, 2.75) is 0 Å². The minimum Gasteiger partial charge on any atom is -0.452 e. The Morgan fingerprint density at radius 2 is 1.73 bits per heavy atom. The van der Waals surface area contributed by atoms with E-state index in [-0.39, 0.29) is 17.2 Å². The lowest BCUT2D eigenvalue weighted by Gasteiger charge is -2.09. The fourth-order valence-corrected chi connectivity index (χ4v) is 2.54. The minimum absolute atomic E-state index is 0.0980. The van der Waals surface area contributed by atoms with Crippen molar-refractivity contribution >= 4 is 51.7 Å². The van der Waals surface area contributed by atoms with Crippen molar-refractivity contribution in [1.82, 2.24) is 0 Å². The van der Waals surface area contributed by atoms with Gasteiger partial charge in [0.05, 0.1) is 0 Å². The molecule has 3 rings (SSSR count). The number of primary amides is 1. The number of hydrogen-bond donors (Lipinski definition) is 2. The van der Waals surface area contributed by atoms with Gasteiger partial charge in [-0.15, -0.1) is 0 Å². The summed E-state index contributed by atoms with van der Waals surface area (Å²) < 4.78 is 10.8. The highest BCUT2D eigenvalue weighted by Gasteiger charge is 2.22. The van der Waals surface area contributed by atoms with Gasteiger partial charge in [-0.05, 0) is 42.5 Å². The standard InChI is InChI=1S/C18H12Cl2N2O4/c1-9(25-12-5-2-10(19)3-6-12)18(24)22-15-13-8-11(20)4-7-14(13)26-16(15)17(21)23/h2-8H,1H2,(H2,21,23)(H,22,24). The van der Waals surface area contributed by atoms with Gasteiger partial charge in [-0.25, -0.2) is 0 Å². The molecular formula is C18H12Cl2N2O4. The first-order valence-electron chi connectivity index (χ1n) is 7.30. The highest BCUT2D eigenvalue weighted by molar-refractivity contribution is 6.31. The largest absolute Gasteiger partial charge is 0.452 e. The summed E-state index contributed by atoms with van der Waals surface area (Å²) in [5, 5.41) is 3.89. The van der Waals surface area contributed by atoms with Crippen molar-refractivity contribution in [3.05, 3.63) is 70.6 Å². The van der Waals surface area contributed by atoms with Gasteiger partial charge >= 0.3 is 0 Å². The van der Waals surface area contributed by atoms with Gasteiger partial charge in [0.15, 0.2) is 5.76 Å². The van der Waals surface area contributed by atoms with Crippen molar-refractivity contribution in [2.24, 2.45) is 5.73 Å². The molecule has 3 N–H and O–H groups in total. The summed E-state index contributed by atoms with van der Waals surface area (Å²) in [7, 11) is 0. The molecule has 0 unspecified atom stereocenters. The van der Waals surface area contributed by atoms with Crippen LogP contribution in [-0.2, 0) is 4.79 Å². The van der Waals surface area contributed by atoms with Crippen LogP contribution in [0.4, 0.5) is 5.69 Å². The van der Waals surface area contributed by atoms with Gasteiger partial charge in [0.25, 0.3) is 11.8 Å². The molecule has 0 aliphatic carbocycles. The molecule has 3 aromatic rings. The molecule has 0 aliphatic rings. The Labute approximate surface area is 158 Å². The normalized spacial score (nSPS) is 10.5. The van der Waals surface area contributed by atoms with E-state index in [9.17, 15) is 9.59 Å². The quantitative estimate of drug-likeness (QED) is 0.499. The van der Waals surface area contributed by atoms with Crippen LogP contribution in [0.1, 0.15) is 10.6 Å². The monoisotopic (exact) mass is 390 g/mol. The predicted molar refractivity (Wildman–Crippen MR) is 99.6 cm³/mol. The molecule has 0 aliphatic heterocycles. The third kappa shape index (κ3) is 3.66. The van der Waals surface area contributed by atoms with E-state index in [1.165, 1.54) is 0 Å². The Morgan fingerprint density at radius 1 is 1.08 bits per heavy atom. The summed E-state index contributed by atoms with van der Waals surface area (Å²) in [5.41, 5.74) is 5.77. The fourth-order valence-electron chi connectivity index (χ4n) is 2.24. The number of carbonyl (C=O) groups is 2. The number of hydrogen-bond acceptors (Lipinski definition) is 4. The molecule has 0 bridgehead atoms. The van der Waals surface area contributed by atoms with Crippen molar-refractivity contribution in [3.8, 4) is 5.75 Å². The molecule has 1 aromatic heterocycles. The van der Waals surface area contributed by atoms with Gasteiger partial charge in [0.2, 0.25) is 5.76 Å². The Balaban J connectivity index is 1.87.